The van der Waals surface area contributed by atoms with Crippen molar-refractivity contribution in [3.05, 3.63) is 94.5 Å². The number of anilines is 1. The molecular formula is C25H26N2O3S. The smallest absolute Gasteiger partial charge is 0.261 e. The standard InChI is InChI=1S/C25H26N2O3S/c1-17-13-15-20(16-14-17)31(29,30)27-23-11-6-10-21(18(23)2)25(28)26-24-12-5-8-19-7-3-4-9-22(19)24/h3-4,6-7,9-11,13-16,24,27H,5,8,12H2,1-2H3,(H,26,28)/t24-/m1/s1. The van der Waals surface area contributed by atoms with Gasteiger partial charge in [0.1, 0.15) is 0 Å². The SMILES string of the molecule is Cc1ccc(S(=O)(=O)Nc2cccc(C(=O)N[C@@H]3CCCc4ccccc43)c2C)cc1. The Morgan fingerprint density at radius 2 is 1.68 bits per heavy atom. The Kier molecular flexibility index (Phi) is 5.83. The summed E-state index contributed by atoms with van der Waals surface area (Å²) in [7, 11) is -3.74. The average Bonchev–Trinajstić information content (AvgIpc) is 2.75. The Hall–Kier alpha value is -3.12. The first-order valence-corrected chi connectivity index (χ1v) is 11.9. The third-order valence-electron chi connectivity index (χ3n) is 5.83. The van der Waals surface area contributed by atoms with Crippen LogP contribution in [-0.4, -0.2) is 14.3 Å². The molecule has 5 nitrogen and oxygen atoms in total. The molecule has 160 valence electrons. The van der Waals surface area contributed by atoms with Gasteiger partial charge in [0.2, 0.25) is 0 Å². The molecule has 0 saturated carbocycles. The van der Waals surface area contributed by atoms with Crippen LogP contribution in [0.5, 0.6) is 0 Å². The predicted molar refractivity (Wildman–Crippen MR) is 123 cm³/mol. The number of sulfonamides is 1. The fraction of sp³-hybridized carbons (Fsp3) is 0.240. The van der Waals surface area contributed by atoms with Crippen molar-refractivity contribution in [3.8, 4) is 0 Å². The van der Waals surface area contributed by atoms with Crippen molar-refractivity contribution in [1.82, 2.24) is 5.32 Å². The molecule has 0 aliphatic heterocycles. The quantitative estimate of drug-likeness (QED) is 0.599. The lowest BCUT2D eigenvalue weighted by molar-refractivity contribution is 0.0932. The van der Waals surface area contributed by atoms with Gasteiger partial charge >= 0.3 is 0 Å². The van der Waals surface area contributed by atoms with Gasteiger partial charge in [0.25, 0.3) is 15.9 Å². The Labute approximate surface area is 183 Å². The molecule has 4 rings (SSSR count). The molecule has 3 aromatic carbocycles. The topological polar surface area (TPSA) is 75.3 Å². The van der Waals surface area contributed by atoms with Crippen molar-refractivity contribution in [2.45, 2.75) is 44.0 Å². The maximum Gasteiger partial charge on any atom is 0.261 e. The molecule has 1 atom stereocenters. The minimum absolute atomic E-state index is 0.0373. The molecule has 0 radical (unpaired) electrons. The number of rotatable bonds is 5. The maximum atomic E-state index is 13.1. The van der Waals surface area contributed by atoms with Crippen LogP contribution in [0.3, 0.4) is 0 Å². The molecule has 1 amide bonds. The zero-order chi connectivity index (χ0) is 22.0. The molecule has 0 heterocycles. The maximum absolute atomic E-state index is 13.1. The van der Waals surface area contributed by atoms with Crippen LogP contribution in [0.1, 0.15) is 51.5 Å². The number of carbonyl (C=O) groups excluding carboxylic acids is 1. The van der Waals surface area contributed by atoms with Crippen LogP contribution >= 0.6 is 0 Å². The normalized spacial score (nSPS) is 15.7. The van der Waals surface area contributed by atoms with Crippen molar-refractivity contribution >= 4 is 21.6 Å². The van der Waals surface area contributed by atoms with Crippen LogP contribution in [0.15, 0.2) is 71.6 Å². The van der Waals surface area contributed by atoms with E-state index < -0.39 is 10.0 Å². The lowest BCUT2D eigenvalue weighted by Crippen LogP contribution is -2.31. The fourth-order valence-corrected chi connectivity index (χ4v) is 5.18. The molecule has 0 aromatic heterocycles. The molecule has 0 fully saturated rings. The van der Waals surface area contributed by atoms with E-state index in [2.05, 4.69) is 22.2 Å². The van der Waals surface area contributed by atoms with Crippen LogP contribution in [0.2, 0.25) is 0 Å². The van der Waals surface area contributed by atoms with Gasteiger partial charge in [-0.1, -0.05) is 48.0 Å². The molecular weight excluding hydrogens is 408 g/mol. The number of hydrogen-bond donors (Lipinski definition) is 2. The Balaban J connectivity index is 1.56. The predicted octanol–water partition coefficient (Wildman–Crippen LogP) is 4.91. The number of nitrogens with one attached hydrogen (secondary N) is 2. The number of hydrogen-bond acceptors (Lipinski definition) is 3. The molecule has 0 spiro atoms. The third kappa shape index (κ3) is 4.49. The summed E-state index contributed by atoms with van der Waals surface area (Å²) in [6, 6.07) is 19.9. The number of amides is 1. The summed E-state index contributed by atoms with van der Waals surface area (Å²) in [5.41, 5.74) is 4.88. The average molecular weight is 435 g/mol. The van der Waals surface area contributed by atoms with Gasteiger partial charge in [-0.2, -0.15) is 0 Å². The van der Waals surface area contributed by atoms with Gasteiger partial charge in [0, 0.05) is 5.56 Å². The van der Waals surface area contributed by atoms with E-state index >= 15 is 0 Å². The third-order valence-corrected chi connectivity index (χ3v) is 7.21. The first-order valence-electron chi connectivity index (χ1n) is 10.4. The Bertz CT molecular complexity index is 1220. The van der Waals surface area contributed by atoms with E-state index in [-0.39, 0.29) is 16.8 Å². The van der Waals surface area contributed by atoms with Crippen molar-refractivity contribution in [1.29, 1.82) is 0 Å². The van der Waals surface area contributed by atoms with Crippen LogP contribution in [0, 0.1) is 13.8 Å². The minimum Gasteiger partial charge on any atom is -0.345 e. The molecule has 1 aliphatic carbocycles. The summed E-state index contributed by atoms with van der Waals surface area (Å²) in [5.74, 6) is -0.199. The van der Waals surface area contributed by atoms with E-state index in [1.807, 2.05) is 19.1 Å². The first kappa shape index (κ1) is 21.1. The van der Waals surface area contributed by atoms with Crippen molar-refractivity contribution in [2.75, 3.05) is 4.72 Å². The van der Waals surface area contributed by atoms with Gasteiger partial charge < -0.3 is 5.32 Å². The van der Waals surface area contributed by atoms with Crippen molar-refractivity contribution in [2.24, 2.45) is 0 Å². The van der Waals surface area contributed by atoms with E-state index in [4.69, 9.17) is 0 Å². The zero-order valence-corrected chi connectivity index (χ0v) is 18.5. The second kappa shape index (κ2) is 8.55. The summed E-state index contributed by atoms with van der Waals surface area (Å²) in [6.45, 7) is 3.66. The molecule has 3 aromatic rings. The Morgan fingerprint density at radius 3 is 2.45 bits per heavy atom. The van der Waals surface area contributed by atoms with Crippen LogP contribution < -0.4 is 10.0 Å². The van der Waals surface area contributed by atoms with Crippen LogP contribution in [-0.2, 0) is 16.4 Å². The highest BCUT2D eigenvalue weighted by molar-refractivity contribution is 7.92. The molecule has 31 heavy (non-hydrogen) atoms. The van der Waals surface area contributed by atoms with E-state index in [0.29, 0.717) is 16.8 Å². The van der Waals surface area contributed by atoms with Gasteiger partial charge in [-0.25, -0.2) is 8.42 Å². The van der Waals surface area contributed by atoms with E-state index in [0.717, 1.165) is 30.4 Å². The second-order valence-electron chi connectivity index (χ2n) is 8.01. The van der Waals surface area contributed by atoms with Gasteiger partial charge in [0.05, 0.1) is 16.6 Å². The zero-order valence-electron chi connectivity index (χ0n) is 17.7. The highest BCUT2D eigenvalue weighted by atomic mass is 32.2. The monoisotopic (exact) mass is 434 g/mol. The number of carbonyl (C=O) groups is 1. The Morgan fingerprint density at radius 1 is 0.935 bits per heavy atom. The molecule has 6 heteroatoms. The lowest BCUT2D eigenvalue weighted by Gasteiger charge is -2.26. The molecule has 0 saturated heterocycles. The van der Waals surface area contributed by atoms with Gasteiger partial charge in [-0.05, 0) is 74.1 Å². The molecule has 2 N–H and O–H groups in total. The largest absolute Gasteiger partial charge is 0.345 e. The van der Waals surface area contributed by atoms with E-state index in [1.54, 1.807) is 49.4 Å². The molecule has 0 bridgehead atoms. The van der Waals surface area contributed by atoms with Gasteiger partial charge in [-0.3, -0.25) is 9.52 Å². The lowest BCUT2D eigenvalue weighted by atomic mass is 9.87. The number of fused-ring (bicyclic) bond motifs is 1. The summed E-state index contributed by atoms with van der Waals surface area (Å²) in [5, 5.41) is 3.14. The minimum atomic E-state index is -3.74. The fourth-order valence-electron chi connectivity index (χ4n) is 4.05. The van der Waals surface area contributed by atoms with Crippen molar-refractivity contribution < 1.29 is 13.2 Å². The molecule has 1 aliphatic rings. The van der Waals surface area contributed by atoms with Crippen LogP contribution in [0.25, 0.3) is 0 Å². The van der Waals surface area contributed by atoms with Crippen molar-refractivity contribution in [3.63, 3.8) is 0 Å². The first-order chi connectivity index (χ1) is 14.8. The summed E-state index contributed by atoms with van der Waals surface area (Å²) in [4.78, 5) is 13.3. The van der Waals surface area contributed by atoms with E-state index in [1.165, 1.54) is 5.56 Å². The van der Waals surface area contributed by atoms with Gasteiger partial charge in [0.15, 0.2) is 0 Å². The number of benzene rings is 3. The van der Waals surface area contributed by atoms with Crippen LogP contribution in [0.4, 0.5) is 5.69 Å². The summed E-state index contributed by atoms with van der Waals surface area (Å²) in [6.07, 6.45) is 2.94. The second-order valence-corrected chi connectivity index (χ2v) is 9.70. The highest BCUT2D eigenvalue weighted by Crippen LogP contribution is 2.30. The summed E-state index contributed by atoms with van der Waals surface area (Å²) < 4.78 is 28.2. The molecule has 0 unspecified atom stereocenters. The van der Waals surface area contributed by atoms with Gasteiger partial charge in [-0.15, -0.1) is 0 Å². The number of aryl methyl sites for hydroxylation is 2. The highest BCUT2D eigenvalue weighted by Gasteiger charge is 2.23. The summed E-state index contributed by atoms with van der Waals surface area (Å²) >= 11 is 0. The van der Waals surface area contributed by atoms with E-state index in [9.17, 15) is 13.2 Å².